The van der Waals surface area contributed by atoms with E-state index in [0.717, 1.165) is 0 Å². The molecule has 0 spiro atoms. The fourth-order valence-corrected chi connectivity index (χ4v) is 4.44. The second-order valence-electron chi connectivity index (χ2n) is 9.57. The van der Waals surface area contributed by atoms with E-state index < -0.39 is 29.6 Å². The van der Waals surface area contributed by atoms with Crippen LogP contribution in [0.1, 0.15) is 25.5 Å². The zero-order chi connectivity index (χ0) is 26.9. The molecule has 1 unspecified atom stereocenters. The number of nitrogens with one attached hydrogen (secondary N) is 2. The number of carbonyl (C=O) groups excluding carboxylic acids is 1. The summed E-state index contributed by atoms with van der Waals surface area (Å²) in [6.07, 6.45) is 0.596. The number of rotatable bonds is 7. The first-order valence-corrected chi connectivity index (χ1v) is 12.1. The maximum atomic E-state index is 13.6. The van der Waals surface area contributed by atoms with Crippen LogP contribution < -0.4 is 5.32 Å². The Bertz CT molecular complexity index is 1320. The van der Waals surface area contributed by atoms with E-state index in [1.165, 1.54) is 18.3 Å². The first-order valence-electron chi connectivity index (χ1n) is 12.1. The Morgan fingerprint density at radius 3 is 2.61 bits per heavy atom. The second-order valence-corrected chi connectivity index (χ2v) is 9.57. The van der Waals surface area contributed by atoms with Gasteiger partial charge in [0.1, 0.15) is 12.4 Å². The smallest absolute Gasteiger partial charge is 0.322 e. The lowest BCUT2D eigenvalue weighted by Crippen LogP contribution is -2.49. The van der Waals surface area contributed by atoms with Crippen molar-refractivity contribution in [1.29, 1.82) is 0 Å². The minimum absolute atomic E-state index is 0.0851. The zero-order valence-electron chi connectivity index (χ0n) is 20.6. The fraction of sp³-hybridized carbons (Fsp3) is 0.400. The van der Waals surface area contributed by atoms with Crippen molar-refractivity contribution in [2.75, 3.05) is 38.2 Å². The van der Waals surface area contributed by atoms with Gasteiger partial charge in [0, 0.05) is 24.8 Å². The topological polar surface area (TPSA) is 163 Å². The predicted octanol–water partition coefficient (Wildman–Crippen LogP) is 1.81. The molecule has 38 heavy (non-hydrogen) atoms. The molecule has 200 valence electrons. The fourth-order valence-electron chi connectivity index (χ4n) is 4.44. The number of H-pyrrole nitrogens is 1. The van der Waals surface area contributed by atoms with E-state index in [9.17, 15) is 19.1 Å². The number of hydrogen-bond donors (Lipinski definition) is 4. The molecule has 0 saturated carbocycles. The number of aliphatic carboxylic acids is 1. The summed E-state index contributed by atoms with van der Waals surface area (Å²) in [5, 5.41) is 21.4. The van der Waals surface area contributed by atoms with Crippen molar-refractivity contribution in [1.82, 2.24) is 24.8 Å². The van der Waals surface area contributed by atoms with E-state index in [-0.39, 0.29) is 31.6 Å². The van der Waals surface area contributed by atoms with Gasteiger partial charge in [-0.15, -0.1) is 0 Å². The molecule has 4 heterocycles. The maximum absolute atomic E-state index is 13.6. The molecule has 1 amide bonds. The lowest BCUT2D eigenvalue weighted by molar-refractivity contribution is -0.234. The van der Waals surface area contributed by atoms with Crippen LogP contribution in [-0.2, 0) is 19.1 Å². The number of halogens is 1. The molecular formula is C25H27FN6O6. The Morgan fingerprint density at radius 2 is 1.95 bits per heavy atom. The van der Waals surface area contributed by atoms with Gasteiger partial charge in [0.15, 0.2) is 5.82 Å². The summed E-state index contributed by atoms with van der Waals surface area (Å²) >= 11 is 0. The molecule has 1 atom stereocenters. The summed E-state index contributed by atoms with van der Waals surface area (Å²) in [5.74, 6) is -1.17. The number of likely N-dealkylation sites (tertiary alicyclic amines) is 1. The average molecular weight is 527 g/mol. The van der Waals surface area contributed by atoms with Crippen LogP contribution in [0, 0.1) is 11.2 Å². The maximum Gasteiger partial charge on any atom is 0.322 e. The molecule has 2 aliphatic rings. The Hall–Kier alpha value is -3.94. The minimum Gasteiger partial charge on any atom is -0.480 e. The molecule has 3 aromatic rings. The molecule has 13 heteroatoms. The predicted molar refractivity (Wildman–Crippen MR) is 131 cm³/mol. The van der Waals surface area contributed by atoms with Gasteiger partial charge in [-0.3, -0.25) is 9.59 Å². The van der Waals surface area contributed by atoms with Crippen molar-refractivity contribution in [2.24, 2.45) is 5.41 Å². The SMILES string of the molecule is CC1(C(=O)N2CCC(O)C2)COC(c2nc(-c3ccc(F)cc3)c(-c3ccnc(NCC(=O)O)n3)[nH]2)OC1. The van der Waals surface area contributed by atoms with Crippen LogP contribution in [0.2, 0.25) is 0 Å². The number of aliphatic hydroxyl groups is 1. The number of carboxylic acids is 1. The van der Waals surface area contributed by atoms with Gasteiger partial charge in [-0.25, -0.2) is 19.3 Å². The summed E-state index contributed by atoms with van der Waals surface area (Å²) in [6, 6.07) is 7.40. The minimum atomic E-state index is -1.06. The Balaban J connectivity index is 1.41. The number of anilines is 1. The summed E-state index contributed by atoms with van der Waals surface area (Å²) in [6.45, 7) is 2.36. The Morgan fingerprint density at radius 1 is 1.21 bits per heavy atom. The number of carbonyl (C=O) groups is 2. The van der Waals surface area contributed by atoms with Crippen molar-refractivity contribution in [3.05, 3.63) is 48.2 Å². The summed E-state index contributed by atoms with van der Waals surface area (Å²) in [5.41, 5.74) is 1.02. The molecule has 2 fully saturated rings. The zero-order valence-corrected chi connectivity index (χ0v) is 20.6. The highest BCUT2D eigenvalue weighted by molar-refractivity contribution is 5.83. The first-order chi connectivity index (χ1) is 18.2. The van der Waals surface area contributed by atoms with E-state index in [0.29, 0.717) is 48.0 Å². The lowest BCUT2D eigenvalue weighted by Gasteiger charge is -2.37. The van der Waals surface area contributed by atoms with Gasteiger partial charge in [0.05, 0.1) is 41.8 Å². The van der Waals surface area contributed by atoms with Crippen molar-refractivity contribution in [2.45, 2.75) is 25.7 Å². The third-order valence-corrected chi connectivity index (χ3v) is 6.45. The van der Waals surface area contributed by atoms with Crippen LogP contribution in [-0.4, -0.2) is 85.9 Å². The van der Waals surface area contributed by atoms with E-state index in [4.69, 9.17) is 14.6 Å². The van der Waals surface area contributed by atoms with Crippen molar-refractivity contribution >= 4 is 17.8 Å². The normalized spacial score (nSPS) is 23.4. The number of carboxylic acid groups (broad SMARTS) is 1. The van der Waals surface area contributed by atoms with E-state index in [1.54, 1.807) is 30.0 Å². The molecule has 4 N–H and O–H groups in total. The summed E-state index contributed by atoms with van der Waals surface area (Å²) in [4.78, 5) is 41.9. The molecule has 2 aromatic heterocycles. The Labute approximate surface area is 216 Å². The highest BCUT2D eigenvalue weighted by atomic mass is 19.1. The van der Waals surface area contributed by atoms with Gasteiger partial charge in [-0.2, -0.15) is 0 Å². The van der Waals surface area contributed by atoms with Crippen LogP contribution in [0.15, 0.2) is 36.5 Å². The number of aromatic nitrogens is 4. The second kappa shape index (κ2) is 10.4. The Kier molecular flexibility index (Phi) is 7.06. The molecule has 12 nitrogen and oxygen atoms in total. The summed E-state index contributed by atoms with van der Waals surface area (Å²) < 4.78 is 25.5. The summed E-state index contributed by atoms with van der Waals surface area (Å²) in [7, 11) is 0. The van der Waals surface area contributed by atoms with E-state index in [1.807, 2.05) is 0 Å². The molecule has 0 radical (unpaired) electrons. The molecule has 5 rings (SSSR count). The lowest BCUT2D eigenvalue weighted by atomic mass is 9.90. The number of imidazole rings is 1. The van der Waals surface area contributed by atoms with Crippen LogP contribution in [0.25, 0.3) is 22.6 Å². The largest absolute Gasteiger partial charge is 0.480 e. The third-order valence-electron chi connectivity index (χ3n) is 6.45. The highest BCUT2D eigenvalue weighted by Gasteiger charge is 2.44. The molecule has 0 bridgehead atoms. The van der Waals surface area contributed by atoms with Gasteiger partial charge in [-0.05, 0) is 43.7 Å². The standard InChI is InChI=1S/C25H27FN6O6/c1-25(23(36)32-9-7-16(33)11-32)12-37-22(38-13-25)21-30-19(14-2-4-15(26)5-3-14)20(31-21)17-6-8-27-24(29-17)28-10-18(34)35/h2-6,8,16,22,33H,7,9-13H2,1H3,(H,30,31)(H,34,35)(H,27,28,29). The molecule has 0 aliphatic carbocycles. The number of hydrogen-bond acceptors (Lipinski definition) is 9. The number of amides is 1. The van der Waals surface area contributed by atoms with Crippen molar-refractivity contribution in [3.63, 3.8) is 0 Å². The quantitative estimate of drug-likeness (QED) is 0.357. The van der Waals surface area contributed by atoms with Crippen LogP contribution in [0.3, 0.4) is 0 Å². The average Bonchev–Trinajstić information content (AvgIpc) is 3.55. The highest BCUT2D eigenvalue weighted by Crippen LogP contribution is 2.36. The van der Waals surface area contributed by atoms with Crippen molar-refractivity contribution in [3.8, 4) is 22.6 Å². The van der Waals surface area contributed by atoms with Gasteiger partial charge < -0.3 is 34.9 Å². The number of aliphatic hydroxyl groups excluding tert-OH is 1. The first kappa shape index (κ1) is 25.7. The number of ether oxygens (including phenoxy) is 2. The van der Waals surface area contributed by atoms with Gasteiger partial charge >= 0.3 is 5.97 Å². The van der Waals surface area contributed by atoms with E-state index >= 15 is 0 Å². The third kappa shape index (κ3) is 5.35. The number of aromatic amines is 1. The van der Waals surface area contributed by atoms with Crippen molar-refractivity contribution < 1.29 is 33.7 Å². The van der Waals surface area contributed by atoms with Gasteiger partial charge in [0.2, 0.25) is 18.1 Å². The molecule has 1 aromatic carbocycles. The molecular weight excluding hydrogens is 499 g/mol. The molecule has 2 aliphatic heterocycles. The number of benzene rings is 1. The molecule has 2 saturated heterocycles. The van der Waals surface area contributed by atoms with Gasteiger partial charge in [0.25, 0.3) is 0 Å². The monoisotopic (exact) mass is 526 g/mol. The van der Waals surface area contributed by atoms with Crippen LogP contribution >= 0.6 is 0 Å². The van der Waals surface area contributed by atoms with E-state index in [2.05, 4.69) is 25.3 Å². The number of nitrogens with zero attached hydrogens (tertiary/aromatic N) is 4. The van der Waals surface area contributed by atoms with Crippen LogP contribution in [0.4, 0.5) is 10.3 Å². The number of β-amino-alcohol motifs (C(OH)–C–C–N with tert-alkyl or cyclic N) is 1. The van der Waals surface area contributed by atoms with Crippen LogP contribution in [0.5, 0.6) is 0 Å². The van der Waals surface area contributed by atoms with Gasteiger partial charge in [-0.1, -0.05) is 0 Å².